The quantitative estimate of drug-likeness (QED) is 0.720. The summed E-state index contributed by atoms with van der Waals surface area (Å²) in [6, 6.07) is 0.701. The molecule has 1 N–H and O–H groups in total. The van der Waals surface area contributed by atoms with Gasteiger partial charge in [0.05, 0.1) is 6.61 Å². The Labute approximate surface area is 120 Å². The van der Waals surface area contributed by atoms with Crippen LogP contribution in [-0.4, -0.2) is 50.3 Å². The summed E-state index contributed by atoms with van der Waals surface area (Å²) in [5.41, 5.74) is 0. The normalized spacial score (nSPS) is 26.4. The standard InChI is InChI=1S/C16H34N2O/c1-5-16-6-8-18(13-15(4)12-17-16)9-11-19-10-7-14(2)3/h14-17H,5-13H2,1-4H3. The van der Waals surface area contributed by atoms with Crippen LogP contribution >= 0.6 is 0 Å². The molecule has 0 aromatic heterocycles. The molecule has 0 radical (unpaired) electrons. The Hall–Kier alpha value is -0.120. The molecular weight excluding hydrogens is 236 g/mol. The number of hydrogen-bond donors (Lipinski definition) is 1. The van der Waals surface area contributed by atoms with Crippen molar-refractivity contribution >= 4 is 0 Å². The second kappa shape index (κ2) is 9.73. The predicted octanol–water partition coefficient (Wildman–Crippen LogP) is 2.76. The Morgan fingerprint density at radius 2 is 2.11 bits per heavy atom. The summed E-state index contributed by atoms with van der Waals surface area (Å²) < 4.78 is 5.75. The summed E-state index contributed by atoms with van der Waals surface area (Å²) in [6.07, 6.45) is 3.69. The van der Waals surface area contributed by atoms with Crippen molar-refractivity contribution in [1.29, 1.82) is 0 Å². The first-order chi connectivity index (χ1) is 9.11. The van der Waals surface area contributed by atoms with E-state index >= 15 is 0 Å². The molecule has 1 aliphatic rings. The van der Waals surface area contributed by atoms with Gasteiger partial charge in [0, 0.05) is 25.7 Å². The SMILES string of the molecule is CCC1CCN(CCOCCC(C)C)CC(C)CN1. The fourth-order valence-electron chi connectivity index (χ4n) is 2.57. The van der Waals surface area contributed by atoms with Crippen LogP contribution in [0.15, 0.2) is 0 Å². The van der Waals surface area contributed by atoms with Gasteiger partial charge < -0.3 is 15.0 Å². The summed E-state index contributed by atoms with van der Waals surface area (Å²) in [7, 11) is 0. The Morgan fingerprint density at radius 3 is 2.79 bits per heavy atom. The molecule has 1 aliphatic heterocycles. The molecule has 0 amide bonds. The smallest absolute Gasteiger partial charge is 0.0593 e. The molecule has 0 bridgehead atoms. The van der Waals surface area contributed by atoms with E-state index in [4.69, 9.17) is 4.74 Å². The maximum Gasteiger partial charge on any atom is 0.0593 e. The summed E-state index contributed by atoms with van der Waals surface area (Å²) in [4.78, 5) is 2.59. The zero-order chi connectivity index (χ0) is 14.1. The van der Waals surface area contributed by atoms with E-state index in [0.717, 1.165) is 38.1 Å². The van der Waals surface area contributed by atoms with Crippen molar-refractivity contribution in [3.05, 3.63) is 0 Å². The van der Waals surface area contributed by atoms with Crippen LogP contribution in [0.4, 0.5) is 0 Å². The molecule has 2 atom stereocenters. The van der Waals surface area contributed by atoms with E-state index in [-0.39, 0.29) is 0 Å². The van der Waals surface area contributed by atoms with Crippen LogP contribution in [0.25, 0.3) is 0 Å². The zero-order valence-electron chi connectivity index (χ0n) is 13.5. The zero-order valence-corrected chi connectivity index (χ0v) is 13.5. The molecule has 1 saturated heterocycles. The van der Waals surface area contributed by atoms with Crippen molar-refractivity contribution in [3.8, 4) is 0 Å². The van der Waals surface area contributed by atoms with Gasteiger partial charge >= 0.3 is 0 Å². The first-order valence-electron chi connectivity index (χ1n) is 8.15. The first-order valence-corrected chi connectivity index (χ1v) is 8.15. The molecule has 0 saturated carbocycles. The number of ether oxygens (including phenoxy) is 1. The van der Waals surface area contributed by atoms with Crippen LogP contribution in [0.5, 0.6) is 0 Å². The third-order valence-corrected chi connectivity index (χ3v) is 4.00. The van der Waals surface area contributed by atoms with Crippen LogP contribution in [0, 0.1) is 11.8 Å². The van der Waals surface area contributed by atoms with Gasteiger partial charge in [-0.05, 0) is 44.2 Å². The Balaban J connectivity index is 2.19. The van der Waals surface area contributed by atoms with E-state index in [1.165, 1.54) is 32.4 Å². The van der Waals surface area contributed by atoms with Crippen molar-refractivity contribution in [2.24, 2.45) is 11.8 Å². The van der Waals surface area contributed by atoms with E-state index in [2.05, 4.69) is 37.9 Å². The van der Waals surface area contributed by atoms with Gasteiger partial charge in [0.1, 0.15) is 0 Å². The van der Waals surface area contributed by atoms with Gasteiger partial charge in [0.25, 0.3) is 0 Å². The largest absolute Gasteiger partial charge is 0.380 e. The Morgan fingerprint density at radius 1 is 1.32 bits per heavy atom. The topological polar surface area (TPSA) is 24.5 Å². The van der Waals surface area contributed by atoms with Crippen molar-refractivity contribution < 1.29 is 4.74 Å². The molecule has 114 valence electrons. The average molecular weight is 270 g/mol. The van der Waals surface area contributed by atoms with Gasteiger partial charge in [-0.2, -0.15) is 0 Å². The Kier molecular flexibility index (Phi) is 8.67. The third-order valence-electron chi connectivity index (χ3n) is 4.00. The maximum atomic E-state index is 5.75. The van der Waals surface area contributed by atoms with Crippen molar-refractivity contribution in [2.45, 2.75) is 53.0 Å². The molecule has 3 nitrogen and oxygen atoms in total. The summed E-state index contributed by atoms with van der Waals surface area (Å²) in [6.45, 7) is 15.6. The minimum absolute atomic E-state index is 0.701. The summed E-state index contributed by atoms with van der Waals surface area (Å²) in [5.74, 6) is 1.49. The van der Waals surface area contributed by atoms with Gasteiger partial charge in [-0.3, -0.25) is 0 Å². The lowest BCUT2D eigenvalue weighted by molar-refractivity contribution is 0.0863. The van der Waals surface area contributed by atoms with Gasteiger partial charge in [-0.15, -0.1) is 0 Å². The second-order valence-electron chi connectivity index (χ2n) is 6.50. The molecule has 1 fully saturated rings. The van der Waals surface area contributed by atoms with Crippen molar-refractivity contribution in [2.75, 3.05) is 39.4 Å². The molecule has 0 aliphatic carbocycles. The van der Waals surface area contributed by atoms with E-state index in [0.29, 0.717) is 6.04 Å². The minimum Gasteiger partial charge on any atom is -0.380 e. The average Bonchev–Trinajstić information content (AvgIpc) is 2.35. The minimum atomic E-state index is 0.701. The fourth-order valence-corrected chi connectivity index (χ4v) is 2.57. The molecule has 0 spiro atoms. The van der Waals surface area contributed by atoms with Crippen molar-refractivity contribution in [3.63, 3.8) is 0 Å². The van der Waals surface area contributed by atoms with E-state index < -0.39 is 0 Å². The van der Waals surface area contributed by atoms with Crippen LogP contribution < -0.4 is 5.32 Å². The van der Waals surface area contributed by atoms with Gasteiger partial charge in [0.15, 0.2) is 0 Å². The molecule has 1 rings (SSSR count). The molecule has 3 heteroatoms. The van der Waals surface area contributed by atoms with E-state index in [9.17, 15) is 0 Å². The lowest BCUT2D eigenvalue weighted by atomic mass is 10.0. The molecule has 2 unspecified atom stereocenters. The highest BCUT2D eigenvalue weighted by Gasteiger charge is 2.17. The van der Waals surface area contributed by atoms with Crippen LogP contribution in [-0.2, 0) is 4.74 Å². The van der Waals surface area contributed by atoms with Gasteiger partial charge in [0.2, 0.25) is 0 Å². The van der Waals surface area contributed by atoms with Gasteiger partial charge in [-0.1, -0.05) is 27.7 Å². The second-order valence-corrected chi connectivity index (χ2v) is 6.50. The molecule has 0 aromatic carbocycles. The van der Waals surface area contributed by atoms with E-state index in [1.807, 2.05) is 0 Å². The van der Waals surface area contributed by atoms with Crippen LogP contribution in [0.3, 0.4) is 0 Å². The highest BCUT2D eigenvalue weighted by atomic mass is 16.5. The highest BCUT2D eigenvalue weighted by molar-refractivity contribution is 4.75. The Bertz CT molecular complexity index is 221. The first kappa shape index (κ1) is 16.9. The molecule has 1 heterocycles. The highest BCUT2D eigenvalue weighted by Crippen LogP contribution is 2.09. The molecular formula is C16H34N2O. The maximum absolute atomic E-state index is 5.75. The number of hydrogen-bond acceptors (Lipinski definition) is 3. The number of rotatable bonds is 7. The summed E-state index contributed by atoms with van der Waals surface area (Å²) >= 11 is 0. The monoisotopic (exact) mass is 270 g/mol. The molecule has 0 aromatic rings. The van der Waals surface area contributed by atoms with Crippen molar-refractivity contribution in [1.82, 2.24) is 10.2 Å². The van der Waals surface area contributed by atoms with Gasteiger partial charge in [-0.25, -0.2) is 0 Å². The van der Waals surface area contributed by atoms with E-state index in [1.54, 1.807) is 0 Å². The number of nitrogens with one attached hydrogen (secondary N) is 1. The van der Waals surface area contributed by atoms with Crippen LogP contribution in [0.1, 0.15) is 47.0 Å². The molecule has 19 heavy (non-hydrogen) atoms. The lowest BCUT2D eigenvalue weighted by Gasteiger charge is -2.32. The predicted molar refractivity (Wildman–Crippen MR) is 82.6 cm³/mol. The lowest BCUT2D eigenvalue weighted by Crippen LogP contribution is -2.44. The third kappa shape index (κ3) is 7.91. The fraction of sp³-hybridized carbons (Fsp3) is 1.00. The number of nitrogens with zero attached hydrogens (tertiary/aromatic N) is 1. The van der Waals surface area contributed by atoms with Crippen LogP contribution in [0.2, 0.25) is 0 Å². The summed E-state index contributed by atoms with van der Waals surface area (Å²) in [5, 5.41) is 3.67.